The Kier molecular flexibility index (Phi) is 3.74. The lowest BCUT2D eigenvalue weighted by atomic mass is 10.1. The van der Waals surface area contributed by atoms with Crippen LogP contribution in [0.25, 0.3) is 11.3 Å². The lowest BCUT2D eigenvalue weighted by Crippen LogP contribution is -2.16. The summed E-state index contributed by atoms with van der Waals surface area (Å²) in [6.45, 7) is 3.73. The molecule has 2 aromatic rings. The highest BCUT2D eigenvalue weighted by molar-refractivity contribution is 5.61. The molecule has 2 heterocycles. The molecule has 1 aliphatic heterocycles. The van der Waals surface area contributed by atoms with Crippen LogP contribution in [0, 0.1) is 6.92 Å². The van der Waals surface area contributed by atoms with Crippen LogP contribution in [0.4, 0.5) is 0 Å². The topological polar surface area (TPSA) is 36.3 Å². The zero-order chi connectivity index (χ0) is 13.9. The van der Waals surface area contributed by atoms with Gasteiger partial charge in [0.1, 0.15) is 5.75 Å². The number of hydrogen-bond donors (Lipinski definition) is 0. The molecule has 0 amide bonds. The van der Waals surface area contributed by atoms with Gasteiger partial charge in [-0.2, -0.15) is 5.10 Å². The summed E-state index contributed by atoms with van der Waals surface area (Å²) in [6, 6.07) is 10.2. The largest absolute Gasteiger partial charge is 0.497 e. The zero-order valence-electron chi connectivity index (χ0n) is 12.0. The third-order valence-electron chi connectivity index (χ3n) is 3.69. The first-order valence-electron chi connectivity index (χ1n) is 7.07. The minimum absolute atomic E-state index is 0.297. The number of methoxy groups -OCH3 is 1. The van der Waals surface area contributed by atoms with Crippen LogP contribution >= 0.6 is 0 Å². The second kappa shape index (κ2) is 5.67. The Morgan fingerprint density at radius 3 is 2.80 bits per heavy atom. The maximum Gasteiger partial charge on any atom is 0.118 e. The Labute approximate surface area is 119 Å². The normalized spacial score (nSPS) is 18.4. The standard InChI is InChI=1S/C16H20N2O2/c1-12-10-16(13-5-7-14(19-2)8-6-13)18(17-12)11-15-4-3-9-20-15/h5-8,10,15H,3-4,9,11H2,1-2H3. The summed E-state index contributed by atoms with van der Waals surface area (Å²) in [7, 11) is 1.68. The minimum Gasteiger partial charge on any atom is -0.497 e. The lowest BCUT2D eigenvalue weighted by Gasteiger charge is -2.12. The molecule has 1 unspecified atom stereocenters. The smallest absolute Gasteiger partial charge is 0.118 e. The van der Waals surface area contributed by atoms with Crippen LogP contribution in [0.1, 0.15) is 18.5 Å². The molecule has 4 heteroatoms. The predicted octanol–water partition coefficient (Wildman–Crippen LogP) is 3.05. The van der Waals surface area contributed by atoms with E-state index in [-0.39, 0.29) is 0 Å². The van der Waals surface area contributed by atoms with Gasteiger partial charge in [-0.3, -0.25) is 4.68 Å². The van der Waals surface area contributed by atoms with Gasteiger partial charge in [-0.05, 0) is 50.1 Å². The van der Waals surface area contributed by atoms with Crippen LogP contribution in [0.5, 0.6) is 5.75 Å². The molecule has 0 bridgehead atoms. The fraction of sp³-hybridized carbons (Fsp3) is 0.438. The van der Waals surface area contributed by atoms with Gasteiger partial charge in [0.05, 0.1) is 31.1 Å². The Balaban J connectivity index is 1.87. The molecule has 0 N–H and O–H groups in total. The van der Waals surface area contributed by atoms with Gasteiger partial charge in [0.15, 0.2) is 0 Å². The summed E-state index contributed by atoms with van der Waals surface area (Å²) < 4.78 is 13.0. The van der Waals surface area contributed by atoms with E-state index in [1.54, 1.807) is 7.11 Å². The maximum absolute atomic E-state index is 5.71. The van der Waals surface area contributed by atoms with Crippen LogP contribution in [0.3, 0.4) is 0 Å². The number of hydrogen-bond acceptors (Lipinski definition) is 3. The van der Waals surface area contributed by atoms with E-state index in [0.29, 0.717) is 6.10 Å². The molecule has 20 heavy (non-hydrogen) atoms. The van der Waals surface area contributed by atoms with Crippen LogP contribution in [-0.2, 0) is 11.3 Å². The summed E-state index contributed by atoms with van der Waals surface area (Å²) in [5, 5.41) is 4.60. The van der Waals surface area contributed by atoms with Crippen molar-refractivity contribution in [3.8, 4) is 17.0 Å². The van der Waals surface area contributed by atoms with Gasteiger partial charge in [0, 0.05) is 12.2 Å². The molecule has 1 atom stereocenters. The van der Waals surface area contributed by atoms with Gasteiger partial charge >= 0.3 is 0 Å². The van der Waals surface area contributed by atoms with Crippen LogP contribution in [0.15, 0.2) is 30.3 Å². The fourth-order valence-corrected chi connectivity index (χ4v) is 2.66. The van der Waals surface area contributed by atoms with E-state index in [2.05, 4.69) is 28.0 Å². The SMILES string of the molecule is COc1ccc(-c2cc(C)nn2CC2CCCO2)cc1. The number of ether oxygens (including phenoxy) is 2. The van der Waals surface area contributed by atoms with Crippen molar-refractivity contribution < 1.29 is 9.47 Å². The van der Waals surface area contributed by atoms with Gasteiger partial charge in [0.2, 0.25) is 0 Å². The molecule has 0 aliphatic carbocycles. The van der Waals surface area contributed by atoms with Crippen molar-refractivity contribution in [3.05, 3.63) is 36.0 Å². The molecule has 1 aliphatic rings. The first-order chi connectivity index (χ1) is 9.76. The number of nitrogens with zero attached hydrogens (tertiary/aromatic N) is 2. The lowest BCUT2D eigenvalue weighted by molar-refractivity contribution is 0.0943. The average Bonchev–Trinajstić information content (AvgIpc) is 3.09. The summed E-state index contributed by atoms with van der Waals surface area (Å²) >= 11 is 0. The van der Waals surface area contributed by atoms with E-state index in [1.807, 2.05) is 19.1 Å². The second-order valence-electron chi connectivity index (χ2n) is 5.22. The third-order valence-corrected chi connectivity index (χ3v) is 3.69. The highest BCUT2D eigenvalue weighted by Crippen LogP contribution is 2.25. The van der Waals surface area contributed by atoms with Crippen molar-refractivity contribution in [2.24, 2.45) is 0 Å². The van der Waals surface area contributed by atoms with Crippen molar-refractivity contribution in [2.75, 3.05) is 13.7 Å². The Bertz CT molecular complexity index is 569. The maximum atomic E-state index is 5.71. The molecule has 3 rings (SSSR count). The highest BCUT2D eigenvalue weighted by atomic mass is 16.5. The van der Waals surface area contributed by atoms with Crippen LogP contribution in [-0.4, -0.2) is 29.6 Å². The first-order valence-corrected chi connectivity index (χ1v) is 7.07. The van der Waals surface area contributed by atoms with Crippen molar-refractivity contribution in [2.45, 2.75) is 32.4 Å². The van der Waals surface area contributed by atoms with E-state index in [9.17, 15) is 0 Å². The van der Waals surface area contributed by atoms with E-state index < -0.39 is 0 Å². The second-order valence-corrected chi connectivity index (χ2v) is 5.22. The zero-order valence-corrected chi connectivity index (χ0v) is 12.0. The van der Waals surface area contributed by atoms with Gasteiger partial charge in [-0.1, -0.05) is 0 Å². The number of benzene rings is 1. The Morgan fingerprint density at radius 2 is 2.15 bits per heavy atom. The molecule has 0 radical (unpaired) electrons. The van der Waals surface area contributed by atoms with Gasteiger partial charge in [-0.25, -0.2) is 0 Å². The Morgan fingerprint density at radius 1 is 1.35 bits per heavy atom. The van der Waals surface area contributed by atoms with Gasteiger partial charge in [0.25, 0.3) is 0 Å². The first kappa shape index (κ1) is 13.2. The summed E-state index contributed by atoms with van der Waals surface area (Å²) in [5.74, 6) is 0.871. The summed E-state index contributed by atoms with van der Waals surface area (Å²) in [5.41, 5.74) is 3.33. The molecule has 1 fully saturated rings. The van der Waals surface area contributed by atoms with E-state index >= 15 is 0 Å². The van der Waals surface area contributed by atoms with Crippen molar-refractivity contribution >= 4 is 0 Å². The summed E-state index contributed by atoms with van der Waals surface area (Å²) in [6.07, 6.45) is 2.58. The quantitative estimate of drug-likeness (QED) is 0.858. The molecule has 0 spiro atoms. The molecule has 4 nitrogen and oxygen atoms in total. The van der Waals surface area contributed by atoms with E-state index in [0.717, 1.165) is 48.7 Å². The predicted molar refractivity (Wildman–Crippen MR) is 77.9 cm³/mol. The number of rotatable bonds is 4. The van der Waals surface area contributed by atoms with Gasteiger partial charge in [-0.15, -0.1) is 0 Å². The molecule has 0 saturated carbocycles. The minimum atomic E-state index is 0.297. The average molecular weight is 272 g/mol. The number of aryl methyl sites for hydroxylation is 1. The van der Waals surface area contributed by atoms with E-state index in [1.165, 1.54) is 0 Å². The summed E-state index contributed by atoms with van der Waals surface area (Å²) in [4.78, 5) is 0. The monoisotopic (exact) mass is 272 g/mol. The molecular weight excluding hydrogens is 252 g/mol. The molecule has 1 saturated heterocycles. The molecule has 1 aromatic heterocycles. The van der Waals surface area contributed by atoms with Crippen molar-refractivity contribution in [1.82, 2.24) is 9.78 Å². The molecular formula is C16H20N2O2. The highest BCUT2D eigenvalue weighted by Gasteiger charge is 2.18. The van der Waals surface area contributed by atoms with Gasteiger partial charge < -0.3 is 9.47 Å². The van der Waals surface area contributed by atoms with Crippen molar-refractivity contribution in [1.29, 1.82) is 0 Å². The van der Waals surface area contributed by atoms with Crippen molar-refractivity contribution in [3.63, 3.8) is 0 Å². The fourth-order valence-electron chi connectivity index (χ4n) is 2.66. The van der Waals surface area contributed by atoms with E-state index in [4.69, 9.17) is 9.47 Å². The third kappa shape index (κ3) is 2.70. The Hall–Kier alpha value is -1.81. The molecule has 106 valence electrons. The molecule has 1 aromatic carbocycles. The van der Waals surface area contributed by atoms with Crippen LogP contribution in [0.2, 0.25) is 0 Å². The number of aromatic nitrogens is 2. The van der Waals surface area contributed by atoms with Crippen LogP contribution < -0.4 is 4.74 Å².